The number of hydrogen-bond donors (Lipinski definition) is 1. The van der Waals surface area contributed by atoms with E-state index in [1.807, 2.05) is 25.3 Å². The van der Waals surface area contributed by atoms with E-state index in [0.717, 1.165) is 10.4 Å². The second-order valence-electron chi connectivity index (χ2n) is 6.67. The molecule has 0 amide bonds. The summed E-state index contributed by atoms with van der Waals surface area (Å²) >= 11 is 8.92. The van der Waals surface area contributed by atoms with Crippen LogP contribution in [0, 0.1) is 18.3 Å². The first-order valence-electron chi connectivity index (χ1n) is 8.92. The first kappa shape index (κ1) is 21.4. The minimum Gasteiger partial charge on any atom is -0.353 e. The Bertz CT molecular complexity index is 1090. The summed E-state index contributed by atoms with van der Waals surface area (Å²) in [4.78, 5) is 26.0. The van der Waals surface area contributed by atoms with Crippen LogP contribution in [-0.4, -0.2) is 17.3 Å². The molecule has 0 aliphatic carbocycles. The first-order chi connectivity index (χ1) is 13.8. The molecule has 148 valence electrons. The highest BCUT2D eigenvalue weighted by molar-refractivity contribution is 8.03. The number of thioether (sulfide) groups is 1. The summed E-state index contributed by atoms with van der Waals surface area (Å²) in [6.45, 7) is 5.32. The van der Waals surface area contributed by atoms with Gasteiger partial charge in [-0.25, -0.2) is 0 Å². The molecule has 0 radical (unpaired) electrons. The van der Waals surface area contributed by atoms with Crippen molar-refractivity contribution in [3.63, 3.8) is 0 Å². The largest absolute Gasteiger partial charge is 0.353 e. The van der Waals surface area contributed by atoms with Crippen molar-refractivity contribution in [2.24, 2.45) is 0 Å². The van der Waals surface area contributed by atoms with Crippen molar-refractivity contribution in [1.29, 1.82) is 5.26 Å². The lowest BCUT2D eigenvalue weighted by atomic mass is 9.84. The van der Waals surface area contributed by atoms with Gasteiger partial charge in [-0.3, -0.25) is 9.59 Å². The van der Waals surface area contributed by atoms with Gasteiger partial charge in [0.25, 0.3) is 0 Å². The number of dihydropyridines is 1. The molecule has 0 fully saturated rings. The third-order valence-corrected chi connectivity index (χ3v) is 7.14. The number of thiophene rings is 1. The molecule has 2 aromatic rings. The number of halogens is 1. The number of benzene rings is 1. The summed E-state index contributed by atoms with van der Waals surface area (Å²) < 4.78 is 0. The number of nitriles is 1. The lowest BCUT2D eigenvalue weighted by Gasteiger charge is -2.29. The third-order valence-electron chi connectivity index (χ3n) is 4.71. The quantitative estimate of drug-likeness (QED) is 0.588. The van der Waals surface area contributed by atoms with Crippen LogP contribution in [0.4, 0.5) is 0 Å². The maximum absolute atomic E-state index is 12.6. The number of carbonyl (C=O) groups is 2. The fraction of sp³-hybridized carbons (Fsp3) is 0.227. The maximum Gasteiger partial charge on any atom is 0.174 e. The van der Waals surface area contributed by atoms with E-state index in [9.17, 15) is 14.9 Å². The molecule has 4 nitrogen and oxygen atoms in total. The molecule has 0 spiro atoms. The normalized spacial score (nSPS) is 16.4. The Morgan fingerprint density at radius 2 is 2.00 bits per heavy atom. The van der Waals surface area contributed by atoms with Crippen molar-refractivity contribution < 1.29 is 9.59 Å². The van der Waals surface area contributed by atoms with E-state index in [0.29, 0.717) is 32.5 Å². The smallest absolute Gasteiger partial charge is 0.174 e. The summed E-state index contributed by atoms with van der Waals surface area (Å²) in [6.07, 6.45) is 0. The highest BCUT2D eigenvalue weighted by Crippen LogP contribution is 2.43. The van der Waals surface area contributed by atoms with Crippen LogP contribution in [0.2, 0.25) is 5.02 Å². The molecule has 3 rings (SSSR count). The van der Waals surface area contributed by atoms with Gasteiger partial charge in [0.1, 0.15) is 0 Å². The van der Waals surface area contributed by atoms with E-state index in [2.05, 4.69) is 11.4 Å². The highest BCUT2D eigenvalue weighted by Gasteiger charge is 2.34. The Morgan fingerprint density at radius 1 is 1.28 bits per heavy atom. The molecule has 7 heteroatoms. The molecule has 29 heavy (non-hydrogen) atoms. The lowest BCUT2D eigenvalue weighted by Crippen LogP contribution is -2.27. The van der Waals surface area contributed by atoms with Gasteiger partial charge in [-0.1, -0.05) is 35.5 Å². The molecule has 1 atom stereocenters. The number of nitrogens with one attached hydrogen (secondary N) is 1. The van der Waals surface area contributed by atoms with Gasteiger partial charge in [0.15, 0.2) is 11.6 Å². The second kappa shape index (κ2) is 9.00. The van der Waals surface area contributed by atoms with Crippen molar-refractivity contribution in [2.75, 3.05) is 5.75 Å². The van der Waals surface area contributed by atoms with Gasteiger partial charge in [-0.15, -0.1) is 11.3 Å². The molecule has 0 saturated heterocycles. The van der Waals surface area contributed by atoms with Gasteiger partial charge in [0, 0.05) is 21.7 Å². The van der Waals surface area contributed by atoms with Gasteiger partial charge in [0.2, 0.25) is 0 Å². The minimum absolute atomic E-state index is 0.0725. The van der Waals surface area contributed by atoms with Gasteiger partial charge in [-0.05, 0) is 49.9 Å². The van der Waals surface area contributed by atoms with E-state index in [1.54, 1.807) is 24.3 Å². The molecule has 2 heterocycles. The van der Waals surface area contributed by atoms with Crippen molar-refractivity contribution in [3.05, 3.63) is 78.6 Å². The third kappa shape index (κ3) is 4.32. The Morgan fingerprint density at radius 3 is 2.59 bits per heavy atom. The van der Waals surface area contributed by atoms with Crippen LogP contribution in [-0.2, 0) is 4.79 Å². The minimum atomic E-state index is -0.420. The number of ketones is 2. The molecule has 0 bridgehead atoms. The van der Waals surface area contributed by atoms with Crippen LogP contribution in [0.5, 0.6) is 0 Å². The zero-order chi connectivity index (χ0) is 21.1. The van der Waals surface area contributed by atoms with E-state index >= 15 is 0 Å². The highest BCUT2D eigenvalue weighted by atomic mass is 35.5. The van der Waals surface area contributed by atoms with Gasteiger partial charge >= 0.3 is 0 Å². The average molecular weight is 443 g/mol. The first-order valence-corrected chi connectivity index (χ1v) is 11.2. The van der Waals surface area contributed by atoms with E-state index in [1.165, 1.54) is 30.0 Å². The van der Waals surface area contributed by atoms with E-state index in [4.69, 9.17) is 11.6 Å². The fourth-order valence-corrected chi connectivity index (χ4v) is 5.60. The van der Waals surface area contributed by atoms with Crippen molar-refractivity contribution in [1.82, 2.24) is 5.32 Å². The number of hydrogen-bond acceptors (Lipinski definition) is 6. The van der Waals surface area contributed by atoms with Crippen LogP contribution >= 0.6 is 34.7 Å². The molecule has 0 unspecified atom stereocenters. The Labute approximate surface area is 183 Å². The Kier molecular flexibility index (Phi) is 6.63. The standard InChI is InChI=1S/C22H19ClN2O2S2/c1-12-8-9-28-21(12)20-16(10-24)22(25-13(2)19(20)14(3)26)29-11-18(27)15-6-4-5-7-17(15)23/h4-9,20,25H,11H2,1-3H3/t20-/m1/s1. The molecule has 1 aliphatic heterocycles. The van der Waals surface area contributed by atoms with Crippen molar-refractivity contribution in [2.45, 2.75) is 26.7 Å². The summed E-state index contributed by atoms with van der Waals surface area (Å²) in [7, 11) is 0. The molecular weight excluding hydrogens is 424 g/mol. The van der Waals surface area contributed by atoms with Crippen LogP contribution < -0.4 is 5.32 Å². The SMILES string of the molecule is CC(=O)C1=C(C)NC(SCC(=O)c2ccccc2Cl)=C(C#N)[C@H]1c1sccc1C. The topological polar surface area (TPSA) is 70.0 Å². The van der Waals surface area contributed by atoms with Crippen LogP contribution in [0.15, 0.2) is 57.6 Å². The number of aryl methyl sites for hydroxylation is 1. The van der Waals surface area contributed by atoms with Crippen LogP contribution in [0.1, 0.15) is 40.6 Å². The number of allylic oxidation sites excluding steroid dienone is 3. The summed E-state index contributed by atoms with van der Waals surface area (Å²) in [5.74, 6) is -0.473. The Balaban J connectivity index is 1.96. The van der Waals surface area contributed by atoms with Crippen molar-refractivity contribution >= 4 is 46.3 Å². The zero-order valence-electron chi connectivity index (χ0n) is 16.2. The van der Waals surface area contributed by atoms with Gasteiger partial charge < -0.3 is 5.32 Å². The lowest BCUT2D eigenvalue weighted by molar-refractivity contribution is -0.113. The zero-order valence-corrected chi connectivity index (χ0v) is 18.6. The van der Waals surface area contributed by atoms with E-state index in [-0.39, 0.29) is 17.3 Å². The molecule has 1 aliphatic rings. The molecule has 1 aromatic heterocycles. The van der Waals surface area contributed by atoms with E-state index < -0.39 is 5.92 Å². The monoisotopic (exact) mass is 442 g/mol. The summed E-state index contributed by atoms with van der Waals surface area (Å²) in [6, 6.07) is 11.2. The van der Waals surface area contributed by atoms with Gasteiger partial charge in [0.05, 0.1) is 33.4 Å². The number of rotatable bonds is 6. The molecular formula is C22H19ClN2O2S2. The molecule has 1 N–H and O–H groups in total. The number of Topliss-reactive ketones (excluding diaryl/α,β-unsaturated/α-hetero) is 2. The second-order valence-corrected chi connectivity index (χ2v) is 9.01. The Hall–Kier alpha value is -2.33. The summed E-state index contributed by atoms with van der Waals surface area (Å²) in [5, 5.41) is 16.1. The van der Waals surface area contributed by atoms with Crippen molar-refractivity contribution in [3.8, 4) is 6.07 Å². The molecule has 1 aromatic carbocycles. The fourth-order valence-electron chi connectivity index (χ4n) is 3.34. The number of carbonyl (C=O) groups excluding carboxylic acids is 2. The average Bonchev–Trinajstić information content (AvgIpc) is 3.11. The summed E-state index contributed by atoms with van der Waals surface area (Å²) in [5.41, 5.74) is 3.26. The van der Waals surface area contributed by atoms with Crippen LogP contribution in [0.25, 0.3) is 0 Å². The molecule has 0 saturated carbocycles. The van der Waals surface area contributed by atoms with Gasteiger partial charge in [-0.2, -0.15) is 5.26 Å². The van der Waals surface area contributed by atoms with Crippen LogP contribution in [0.3, 0.4) is 0 Å². The predicted molar refractivity (Wildman–Crippen MR) is 119 cm³/mol. The maximum atomic E-state index is 12.6. The predicted octanol–water partition coefficient (Wildman–Crippen LogP) is 5.61. The number of nitrogens with zero attached hydrogens (tertiary/aromatic N) is 1.